The molecule has 4 amide bonds. The fourth-order valence-electron chi connectivity index (χ4n) is 3.80. The third-order valence-electron chi connectivity index (χ3n) is 5.42. The van der Waals surface area contributed by atoms with Gasteiger partial charge in [0.15, 0.2) is 0 Å². The highest BCUT2D eigenvalue weighted by molar-refractivity contribution is 6.23. The van der Waals surface area contributed by atoms with Crippen molar-refractivity contribution >= 4 is 35.0 Å². The van der Waals surface area contributed by atoms with Crippen molar-refractivity contribution in [3.05, 3.63) is 54.1 Å². The van der Waals surface area contributed by atoms with Gasteiger partial charge in [-0.3, -0.25) is 19.2 Å². The molecule has 0 bridgehead atoms. The highest BCUT2D eigenvalue weighted by Gasteiger charge is 2.48. The zero-order valence-electron chi connectivity index (χ0n) is 17.3. The van der Waals surface area contributed by atoms with Crippen LogP contribution in [0.3, 0.4) is 0 Å². The van der Waals surface area contributed by atoms with Gasteiger partial charge < -0.3 is 15.0 Å². The van der Waals surface area contributed by atoms with Gasteiger partial charge >= 0.3 is 0 Å². The number of anilines is 2. The number of carbonyl (C=O) groups is 4. The fraction of sp³-hybridized carbons (Fsp3) is 0.304. The van der Waals surface area contributed by atoms with E-state index in [0.29, 0.717) is 22.7 Å². The number of carbonyl (C=O) groups excluding carboxylic acids is 4. The second-order valence-corrected chi connectivity index (χ2v) is 7.69. The average molecular weight is 421 g/mol. The quantitative estimate of drug-likeness (QED) is 0.724. The summed E-state index contributed by atoms with van der Waals surface area (Å²) in [6.07, 6.45) is 1.57. The number of rotatable bonds is 6. The zero-order chi connectivity index (χ0) is 22.1. The molecule has 1 saturated carbocycles. The SMILES string of the molecule is COc1ccc(C(=O)N(C2CC2)C2CC(=O)N(c3ccc(NC(C)=O)cc3)C2=O)cc1. The molecule has 1 heterocycles. The van der Waals surface area contributed by atoms with E-state index < -0.39 is 11.9 Å². The maximum Gasteiger partial charge on any atom is 0.257 e. The third-order valence-corrected chi connectivity index (χ3v) is 5.42. The molecule has 2 aromatic carbocycles. The van der Waals surface area contributed by atoms with Crippen LogP contribution in [0.4, 0.5) is 11.4 Å². The van der Waals surface area contributed by atoms with Gasteiger partial charge in [0.1, 0.15) is 11.8 Å². The predicted octanol–water partition coefficient (Wildman–Crippen LogP) is 2.59. The maximum atomic E-state index is 13.2. The lowest BCUT2D eigenvalue weighted by Gasteiger charge is -2.27. The predicted molar refractivity (Wildman–Crippen MR) is 114 cm³/mol. The summed E-state index contributed by atoms with van der Waals surface area (Å²) in [4.78, 5) is 53.0. The standard InChI is InChI=1S/C23H23N3O5/c1-14(27)24-16-5-7-18(8-6-16)26-21(28)13-20(23(26)30)25(17-9-10-17)22(29)15-3-11-19(31-2)12-4-15/h3-8,11-12,17,20H,9-10,13H2,1-2H3,(H,24,27). The largest absolute Gasteiger partial charge is 0.497 e. The topological polar surface area (TPSA) is 96.0 Å². The molecule has 31 heavy (non-hydrogen) atoms. The lowest BCUT2D eigenvalue weighted by atomic mass is 10.1. The van der Waals surface area contributed by atoms with Crippen molar-refractivity contribution in [2.75, 3.05) is 17.3 Å². The maximum absolute atomic E-state index is 13.2. The summed E-state index contributed by atoms with van der Waals surface area (Å²) in [7, 11) is 1.55. The van der Waals surface area contributed by atoms with Crippen molar-refractivity contribution in [2.24, 2.45) is 0 Å². The Morgan fingerprint density at radius 1 is 1.03 bits per heavy atom. The summed E-state index contributed by atoms with van der Waals surface area (Å²) in [5.74, 6) is -0.602. The van der Waals surface area contributed by atoms with E-state index in [9.17, 15) is 19.2 Å². The molecule has 1 atom stereocenters. The third kappa shape index (κ3) is 4.14. The van der Waals surface area contributed by atoms with E-state index in [1.54, 1.807) is 60.5 Å². The normalized spacial score (nSPS) is 18.1. The molecule has 0 spiro atoms. The molecule has 2 fully saturated rings. The molecule has 2 aromatic rings. The van der Waals surface area contributed by atoms with Crippen LogP contribution >= 0.6 is 0 Å². The van der Waals surface area contributed by atoms with E-state index in [1.807, 2.05) is 0 Å². The molecule has 1 unspecified atom stereocenters. The summed E-state index contributed by atoms with van der Waals surface area (Å²) in [6.45, 7) is 1.40. The molecular weight excluding hydrogens is 398 g/mol. The van der Waals surface area contributed by atoms with Gasteiger partial charge in [-0.25, -0.2) is 4.90 Å². The van der Waals surface area contributed by atoms with Crippen LogP contribution in [0.2, 0.25) is 0 Å². The van der Waals surface area contributed by atoms with Crippen LogP contribution in [0.5, 0.6) is 5.75 Å². The number of hydrogen-bond acceptors (Lipinski definition) is 5. The Bertz CT molecular complexity index is 1030. The Morgan fingerprint density at radius 2 is 1.68 bits per heavy atom. The van der Waals surface area contributed by atoms with Crippen LogP contribution in [-0.2, 0) is 14.4 Å². The minimum Gasteiger partial charge on any atom is -0.497 e. The lowest BCUT2D eigenvalue weighted by molar-refractivity contribution is -0.122. The number of imide groups is 1. The Hall–Kier alpha value is -3.68. The second-order valence-electron chi connectivity index (χ2n) is 7.69. The smallest absolute Gasteiger partial charge is 0.257 e. The van der Waals surface area contributed by atoms with Gasteiger partial charge in [0.25, 0.3) is 11.8 Å². The Balaban J connectivity index is 1.57. The minimum absolute atomic E-state index is 0.0431. The second kappa shape index (κ2) is 8.22. The summed E-state index contributed by atoms with van der Waals surface area (Å²) >= 11 is 0. The van der Waals surface area contributed by atoms with E-state index in [0.717, 1.165) is 17.7 Å². The molecule has 1 saturated heterocycles. The van der Waals surface area contributed by atoms with Gasteiger partial charge in [0, 0.05) is 24.2 Å². The van der Waals surface area contributed by atoms with Crippen molar-refractivity contribution in [3.8, 4) is 5.75 Å². The van der Waals surface area contributed by atoms with Gasteiger partial charge in [-0.2, -0.15) is 0 Å². The van der Waals surface area contributed by atoms with Gasteiger partial charge in [-0.05, 0) is 61.4 Å². The first-order valence-electron chi connectivity index (χ1n) is 10.1. The van der Waals surface area contributed by atoms with Crippen LogP contribution in [0, 0.1) is 0 Å². The number of ether oxygens (including phenoxy) is 1. The summed E-state index contributed by atoms with van der Waals surface area (Å²) < 4.78 is 5.14. The van der Waals surface area contributed by atoms with Crippen molar-refractivity contribution < 1.29 is 23.9 Å². The fourth-order valence-corrected chi connectivity index (χ4v) is 3.80. The van der Waals surface area contributed by atoms with E-state index in [4.69, 9.17) is 4.74 Å². The monoisotopic (exact) mass is 421 g/mol. The average Bonchev–Trinajstić information content (AvgIpc) is 3.54. The molecule has 160 valence electrons. The molecule has 4 rings (SSSR count). The highest BCUT2D eigenvalue weighted by atomic mass is 16.5. The van der Waals surface area contributed by atoms with Crippen LogP contribution in [0.1, 0.15) is 36.5 Å². The molecule has 2 aliphatic rings. The Labute approximate surface area is 179 Å². The molecule has 8 heteroatoms. The van der Waals surface area contributed by atoms with E-state index in [2.05, 4.69) is 5.32 Å². The number of hydrogen-bond donors (Lipinski definition) is 1. The van der Waals surface area contributed by atoms with Crippen molar-refractivity contribution in [2.45, 2.75) is 38.3 Å². The molecule has 1 aliphatic carbocycles. The number of amides is 4. The van der Waals surface area contributed by atoms with Crippen LogP contribution < -0.4 is 15.0 Å². The van der Waals surface area contributed by atoms with Crippen LogP contribution in [-0.4, -0.2) is 47.7 Å². The van der Waals surface area contributed by atoms with E-state index in [-0.39, 0.29) is 30.2 Å². The summed E-state index contributed by atoms with van der Waals surface area (Å²) in [5, 5.41) is 2.65. The van der Waals surface area contributed by atoms with E-state index in [1.165, 1.54) is 6.92 Å². The molecular formula is C23H23N3O5. The van der Waals surface area contributed by atoms with Crippen molar-refractivity contribution in [3.63, 3.8) is 0 Å². The first kappa shape index (κ1) is 20.6. The Morgan fingerprint density at radius 3 is 2.23 bits per heavy atom. The lowest BCUT2D eigenvalue weighted by Crippen LogP contribution is -2.46. The van der Waals surface area contributed by atoms with Crippen LogP contribution in [0.15, 0.2) is 48.5 Å². The van der Waals surface area contributed by atoms with Gasteiger partial charge in [0.05, 0.1) is 19.2 Å². The molecule has 0 radical (unpaired) electrons. The van der Waals surface area contributed by atoms with Crippen molar-refractivity contribution in [1.29, 1.82) is 0 Å². The zero-order valence-corrected chi connectivity index (χ0v) is 17.3. The van der Waals surface area contributed by atoms with Crippen LogP contribution in [0.25, 0.3) is 0 Å². The Kier molecular flexibility index (Phi) is 5.46. The number of nitrogens with one attached hydrogen (secondary N) is 1. The summed E-state index contributed by atoms with van der Waals surface area (Å²) in [6, 6.07) is 12.3. The van der Waals surface area contributed by atoms with Gasteiger partial charge in [0.2, 0.25) is 11.8 Å². The number of methoxy groups -OCH3 is 1. The first-order chi connectivity index (χ1) is 14.9. The van der Waals surface area contributed by atoms with Gasteiger partial charge in [-0.15, -0.1) is 0 Å². The highest BCUT2D eigenvalue weighted by Crippen LogP contribution is 2.35. The molecule has 1 N–H and O–H groups in total. The first-order valence-corrected chi connectivity index (χ1v) is 10.1. The van der Waals surface area contributed by atoms with E-state index >= 15 is 0 Å². The molecule has 8 nitrogen and oxygen atoms in total. The van der Waals surface area contributed by atoms with Crippen molar-refractivity contribution in [1.82, 2.24) is 4.90 Å². The number of benzene rings is 2. The minimum atomic E-state index is -0.829. The molecule has 0 aromatic heterocycles. The molecule has 1 aliphatic heterocycles. The summed E-state index contributed by atoms with van der Waals surface area (Å²) in [5.41, 5.74) is 1.44. The number of nitrogens with zero attached hydrogens (tertiary/aromatic N) is 2. The van der Waals surface area contributed by atoms with Gasteiger partial charge in [-0.1, -0.05) is 0 Å².